The van der Waals surface area contributed by atoms with E-state index in [1.165, 1.54) is 0 Å². The van der Waals surface area contributed by atoms with Crippen molar-refractivity contribution < 1.29 is 4.39 Å². The zero-order chi connectivity index (χ0) is 11.3. The molecule has 1 atom stereocenters. The number of aromatic nitrogens is 1. The highest BCUT2D eigenvalue weighted by Crippen LogP contribution is 2.40. The maximum absolute atomic E-state index is 14.1. The zero-order valence-corrected chi connectivity index (χ0v) is 9.89. The number of fused-ring (bicyclic) bond motifs is 1. The number of nitrogens with zero attached hydrogens (tertiary/aromatic N) is 1. The first-order chi connectivity index (χ1) is 6.81. The van der Waals surface area contributed by atoms with E-state index in [1.807, 2.05) is 12.3 Å². The van der Waals surface area contributed by atoms with Gasteiger partial charge >= 0.3 is 0 Å². The lowest BCUT2D eigenvalue weighted by Gasteiger charge is -2.21. The summed E-state index contributed by atoms with van der Waals surface area (Å²) < 4.78 is 14.1. The van der Waals surface area contributed by atoms with Gasteiger partial charge in [-0.05, 0) is 36.8 Å². The zero-order valence-electron chi connectivity index (χ0n) is 9.89. The molecule has 1 heterocycles. The molecule has 1 aromatic heterocycles. The Kier molecular flexibility index (Phi) is 2.14. The van der Waals surface area contributed by atoms with E-state index in [-0.39, 0.29) is 5.41 Å². The van der Waals surface area contributed by atoms with Crippen molar-refractivity contribution in [1.82, 2.24) is 4.98 Å². The summed E-state index contributed by atoms with van der Waals surface area (Å²) in [5, 5.41) is 0. The molecule has 0 aliphatic heterocycles. The summed E-state index contributed by atoms with van der Waals surface area (Å²) in [5.74, 6) is 0. The molecule has 2 rings (SSSR count). The average Bonchev–Trinajstić information content (AvgIpc) is 2.41. The Labute approximate surface area is 90.7 Å². The van der Waals surface area contributed by atoms with E-state index in [1.54, 1.807) is 6.92 Å². The van der Waals surface area contributed by atoms with Crippen LogP contribution in [0.2, 0.25) is 0 Å². The van der Waals surface area contributed by atoms with E-state index in [4.69, 9.17) is 0 Å². The van der Waals surface area contributed by atoms with Crippen molar-refractivity contribution in [1.29, 1.82) is 0 Å². The van der Waals surface area contributed by atoms with E-state index in [0.717, 1.165) is 23.2 Å². The van der Waals surface area contributed by atoms with Crippen LogP contribution in [-0.2, 0) is 17.5 Å². The highest BCUT2D eigenvalue weighted by atomic mass is 19.1. The second-order valence-electron chi connectivity index (χ2n) is 5.67. The molecule has 0 saturated heterocycles. The van der Waals surface area contributed by atoms with Gasteiger partial charge in [0.05, 0.1) is 0 Å². The monoisotopic (exact) mass is 207 g/mol. The first-order valence-corrected chi connectivity index (χ1v) is 5.49. The van der Waals surface area contributed by atoms with E-state index in [2.05, 4.69) is 25.8 Å². The van der Waals surface area contributed by atoms with Gasteiger partial charge in [-0.15, -0.1) is 0 Å². The van der Waals surface area contributed by atoms with E-state index in [0.29, 0.717) is 6.42 Å². The molecule has 1 nitrogen and oxygen atoms in total. The molecule has 1 aliphatic rings. The summed E-state index contributed by atoms with van der Waals surface area (Å²) >= 11 is 0. The third-order valence-corrected chi connectivity index (χ3v) is 3.23. The lowest BCUT2D eigenvalue weighted by atomic mass is 9.86. The van der Waals surface area contributed by atoms with Crippen LogP contribution in [-0.4, -0.2) is 4.98 Å². The Morgan fingerprint density at radius 2 is 2.07 bits per heavy atom. The fourth-order valence-electron chi connectivity index (χ4n) is 2.04. The molecule has 1 aromatic rings. The molecule has 0 fully saturated rings. The molecule has 0 radical (unpaired) electrons. The number of halogens is 1. The number of aryl methyl sites for hydroxylation is 1. The Balaban J connectivity index is 2.51. The van der Waals surface area contributed by atoms with Gasteiger partial charge in [0, 0.05) is 17.5 Å². The summed E-state index contributed by atoms with van der Waals surface area (Å²) in [6.07, 6.45) is 3.23. The molecule has 82 valence electrons. The predicted molar refractivity (Wildman–Crippen MR) is 59.7 cm³/mol. The van der Waals surface area contributed by atoms with Gasteiger partial charge in [0.2, 0.25) is 0 Å². The number of hydrogen-bond acceptors (Lipinski definition) is 1. The highest BCUT2D eigenvalue weighted by Gasteiger charge is 2.35. The minimum atomic E-state index is -1.18. The maximum Gasteiger partial charge on any atom is 0.135 e. The van der Waals surface area contributed by atoms with Crippen LogP contribution < -0.4 is 0 Å². The highest BCUT2D eigenvalue weighted by molar-refractivity contribution is 5.36. The fourth-order valence-corrected chi connectivity index (χ4v) is 2.04. The minimum absolute atomic E-state index is 0.0424. The van der Waals surface area contributed by atoms with E-state index >= 15 is 0 Å². The van der Waals surface area contributed by atoms with Crippen LogP contribution in [0.25, 0.3) is 0 Å². The molecule has 0 amide bonds. The maximum atomic E-state index is 14.1. The van der Waals surface area contributed by atoms with Crippen molar-refractivity contribution in [2.75, 3.05) is 0 Å². The summed E-state index contributed by atoms with van der Waals surface area (Å²) in [5.41, 5.74) is 1.72. The molecule has 1 aliphatic carbocycles. The normalized spacial score (nSPS) is 25.4. The van der Waals surface area contributed by atoms with Crippen LogP contribution in [0.1, 0.15) is 50.9 Å². The molecule has 0 N–H and O–H groups in total. The number of hydrogen-bond donors (Lipinski definition) is 0. The first kappa shape index (κ1) is 10.6. The van der Waals surface area contributed by atoms with E-state index < -0.39 is 5.67 Å². The summed E-state index contributed by atoms with van der Waals surface area (Å²) in [4.78, 5) is 4.38. The van der Waals surface area contributed by atoms with Gasteiger partial charge in [-0.1, -0.05) is 20.8 Å². The van der Waals surface area contributed by atoms with E-state index in [9.17, 15) is 4.39 Å². The second kappa shape index (κ2) is 3.03. The number of alkyl halides is 1. The van der Waals surface area contributed by atoms with Gasteiger partial charge in [0.1, 0.15) is 5.67 Å². The smallest absolute Gasteiger partial charge is 0.135 e. The SMILES string of the molecule is CC(C)(C)c1cnc2c(c1)C(C)(F)CC2. The van der Waals surface area contributed by atoms with Gasteiger partial charge in [0.25, 0.3) is 0 Å². The Hall–Kier alpha value is -0.920. The average molecular weight is 207 g/mol. The number of pyridine rings is 1. The van der Waals surface area contributed by atoms with Gasteiger partial charge in [-0.3, -0.25) is 4.98 Å². The van der Waals surface area contributed by atoms with Crippen LogP contribution in [0, 0.1) is 0 Å². The lowest BCUT2D eigenvalue weighted by Crippen LogP contribution is -2.15. The summed E-state index contributed by atoms with van der Waals surface area (Å²) in [6.45, 7) is 8.04. The molecule has 0 aromatic carbocycles. The van der Waals surface area contributed by atoms with Crippen LogP contribution in [0.5, 0.6) is 0 Å². The van der Waals surface area contributed by atoms with Crippen LogP contribution in [0.3, 0.4) is 0 Å². The van der Waals surface area contributed by atoms with Crippen molar-refractivity contribution in [3.8, 4) is 0 Å². The van der Waals surface area contributed by atoms with Crippen molar-refractivity contribution in [2.24, 2.45) is 0 Å². The van der Waals surface area contributed by atoms with Gasteiger partial charge < -0.3 is 0 Å². The summed E-state index contributed by atoms with van der Waals surface area (Å²) in [7, 11) is 0. The lowest BCUT2D eigenvalue weighted by molar-refractivity contribution is 0.194. The Bertz CT molecular complexity index is 388. The third-order valence-electron chi connectivity index (χ3n) is 3.23. The second-order valence-corrected chi connectivity index (χ2v) is 5.67. The standard InChI is InChI=1S/C13H18FN/c1-12(2,3)9-7-10-11(15-8-9)5-6-13(10,4)14/h7-8H,5-6H2,1-4H3. The van der Waals surface area contributed by atoms with Crippen LogP contribution >= 0.6 is 0 Å². The topological polar surface area (TPSA) is 12.9 Å². The fraction of sp³-hybridized carbons (Fsp3) is 0.615. The van der Waals surface area contributed by atoms with Crippen molar-refractivity contribution in [3.63, 3.8) is 0 Å². The van der Waals surface area contributed by atoms with Gasteiger partial charge in [-0.25, -0.2) is 4.39 Å². The molecule has 15 heavy (non-hydrogen) atoms. The predicted octanol–water partition coefficient (Wildman–Crippen LogP) is 3.51. The molecule has 0 saturated carbocycles. The van der Waals surface area contributed by atoms with Crippen LogP contribution in [0.4, 0.5) is 4.39 Å². The summed E-state index contributed by atoms with van der Waals surface area (Å²) in [6, 6.07) is 2.00. The first-order valence-electron chi connectivity index (χ1n) is 5.49. The quantitative estimate of drug-likeness (QED) is 0.634. The molecule has 0 bridgehead atoms. The third kappa shape index (κ3) is 1.77. The minimum Gasteiger partial charge on any atom is -0.261 e. The van der Waals surface area contributed by atoms with Gasteiger partial charge in [0.15, 0.2) is 0 Å². The molecular formula is C13H18FN. The molecule has 1 unspecified atom stereocenters. The molecule has 2 heteroatoms. The Morgan fingerprint density at radius 1 is 1.40 bits per heavy atom. The van der Waals surface area contributed by atoms with Crippen LogP contribution in [0.15, 0.2) is 12.3 Å². The number of rotatable bonds is 0. The van der Waals surface area contributed by atoms with Crippen molar-refractivity contribution in [2.45, 2.75) is 51.6 Å². The molecular weight excluding hydrogens is 189 g/mol. The Morgan fingerprint density at radius 3 is 2.67 bits per heavy atom. The van der Waals surface area contributed by atoms with Gasteiger partial charge in [-0.2, -0.15) is 0 Å². The largest absolute Gasteiger partial charge is 0.261 e. The molecule has 0 spiro atoms. The van der Waals surface area contributed by atoms with Crippen molar-refractivity contribution >= 4 is 0 Å². The van der Waals surface area contributed by atoms with Crippen molar-refractivity contribution in [3.05, 3.63) is 29.1 Å².